The van der Waals surface area contributed by atoms with Gasteiger partial charge in [0.25, 0.3) is 5.56 Å². The molecule has 0 bridgehead atoms. The maximum absolute atomic E-state index is 13.0. The Labute approximate surface area is 241 Å². The summed E-state index contributed by atoms with van der Waals surface area (Å²) in [5.74, 6) is 0. The number of nitrogens with zero attached hydrogens (tertiary/aromatic N) is 2. The van der Waals surface area contributed by atoms with Crippen LogP contribution < -0.4 is 5.56 Å². The fraction of sp³-hybridized carbons (Fsp3) is 0.793. The smallest absolute Gasteiger partial charge is 0.349 e. The number of aromatic nitrogens is 3. The lowest BCUT2D eigenvalue weighted by atomic mass is 10.1. The van der Waals surface area contributed by atoms with Crippen molar-refractivity contribution in [2.24, 2.45) is 0 Å². The van der Waals surface area contributed by atoms with E-state index < -0.39 is 29.2 Å². The van der Waals surface area contributed by atoms with Gasteiger partial charge >= 0.3 is 8.56 Å². The Bertz CT molecular complexity index is 1240. The molecular formula is C29H51N3O6Si2. The summed E-state index contributed by atoms with van der Waals surface area (Å²) < 4.78 is 29.9. The first-order valence-electron chi connectivity index (χ1n) is 14.7. The maximum Gasteiger partial charge on any atom is 0.349 e. The van der Waals surface area contributed by atoms with Crippen LogP contribution in [0.3, 0.4) is 0 Å². The largest absolute Gasteiger partial charge is 0.407 e. The third kappa shape index (κ3) is 5.43. The van der Waals surface area contributed by atoms with Crippen LogP contribution in [0.25, 0.3) is 11.0 Å². The number of hydrogen-bond acceptors (Lipinski definition) is 7. The highest BCUT2D eigenvalue weighted by Crippen LogP contribution is 2.56. The summed E-state index contributed by atoms with van der Waals surface area (Å²) in [5.41, 5.74) is 1.30. The number of nitrogens with one attached hydrogen (secondary N) is 1. The van der Waals surface area contributed by atoms with Crippen molar-refractivity contribution in [2.75, 3.05) is 13.2 Å². The van der Waals surface area contributed by atoms with Gasteiger partial charge in [-0.2, -0.15) is 0 Å². The molecule has 4 atom stereocenters. The first-order chi connectivity index (χ1) is 18.3. The lowest BCUT2D eigenvalue weighted by Crippen LogP contribution is -2.66. The predicted octanol–water partition coefficient (Wildman–Crippen LogP) is 5.79. The Morgan fingerprint density at radius 1 is 1.12 bits per heavy atom. The Morgan fingerprint density at radius 3 is 2.35 bits per heavy atom. The molecule has 4 rings (SSSR count). The molecule has 11 heteroatoms. The minimum absolute atomic E-state index is 0.0208. The second kappa shape index (κ2) is 10.7. The van der Waals surface area contributed by atoms with Gasteiger partial charge < -0.3 is 32.7 Å². The van der Waals surface area contributed by atoms with E-state index in [9.17, 15) is 9.90 Å². The van der Waals surface area contributed by atoms with E-state index in [2.05, 4.69) is 85.4 Å². The molecule has 4 heterocycles. The van der Waals surface area contributed by atoms with Gasteiger partial charge in [0.05, 0.1) is 18.3 Å². The van der Waals surface area contributed by atoms with Crippen LogP contribution in [0.1, 0.15) is 86.9 Å². The molecule has 2 aliphatic rings. The molecule has 2 saturated heterocycles. The fourth-order valence-corrected chi connectivity index (χ4v) is 12.4. The maximum atomic E-state index is 13.0. The SMILES string of the molecule is CC(C)(C)[Si](C)(C)O[C@@H]1[C@@H]2O[Si](C(C)(C)C)(C(C)(C)C)OC[C@H]2O[C@H]1n1cc(CCCCO)c2c(=O)[nH]cnc21. The van der Waals surface area contributed by atoms with E-state index in [1.165, 1.54) is 6.33 Å². The molecule has 2 N–H and O–H groups in total. The van der Waals surface area contributed by atoms with Crippen LogP contribution in [-0.2, 0) is 24.4 Å². The van der Waals surface area contributed by atoms with E-state index in [-0.39, 0.29) is 39.5 Å². The second-order valence-corrected chi connectivity index (χ2v) is 24.6. The number of rotatable bonds is 7. The van der Waals surface area contributed by atoms with Gasteiger partial charge in [-0.1, -0.05) is 62.3 Å². The molecule has 2 aliphatic heterocycles. The number of aryl methyl sites for hydroxylation is 1. The second-order valence-electron chi connectivity index (χ2n) is 15.1. The van der Waals surface area contributed by atoms with E-state index in [0.29, 0.717) is 30.5 Å². The van der Waals surface area contributed by atoms with Gasteiger partial charge in [0.15, 0.2) is 14.5 Å². The van der Waals surface area contributed by atoms with Crippen molar-refractivity contribution in [1.29, 1.82) is 0 Å². The van der Waals surface area contributed by atoms with Gasteiger partial charge in [0, 0.05) is 22.9 Å². The molecule has 0 amide bonds. The minimum atomic E-state index is -2.79. The summed E-state index contributed by atoms with van der Waals surface area (Å²) in [4.78, 5) is 20.3. The number of unbranched alkanes of at least 4 members (excludes halogenated alkanes) is 1. The lowest BCUT2D eigenvalue weighted by molar-refractivity contribution is -0.0794. The summed E-state index contributed by atoms with van der Waals surface area (Å²) in [5, 5.41) is 9.53. The predicted molar refractivity (Wildman–Crippen MR) is 162 cm³/mol. The van der Waals surface area contributed by atoms with Crippen LogP contribution in [0, 0.1) is 0 Å². The zero-order valence-electron chi connectivity index (χ0n) is 26.4. The van der Waals surface area contributed by atoms with E-state index in [1.54, 1.807) is 0 Å². The fourth-order valence-electron chi connectivity index (χ4n) is 6.17. The van der Waals surface area contributed by atoms with Crippen molar-refractivity contribution in [1.82, 2.24) is 14.5 Å². The van der Waals surface area contributed by atoms with Gasteiger partial charge in [-0.05, 0) is 43.0 Å². The van der Waals surface area contributed by atoms with Crippen molar-refractivity contribution in [2.45, 2.75) is 134 Å². The number of aromatic amines is 1. The standard InChI is InChI=1S/C29H51N3O6Si2/c1-27(2,3)39(10,11)37-23-22-20(17-35-40(38-22,28(4,5)6)29(7,8)9)36-26(23)32-16-19(14-12-13-15-33)21-24(32)30-18-31-25(21)34/h16,18,20,22-23,26,33H,12-15,17H2,1-11H3,(H,30,31,34)/t20-,22-,23-,26-/m1/s1. The normalized spacial score (nSPS) is 25.9. The van der Waals surface area contributed by atoms with Crippen LogP contribution in [0.15, 0.2) is 17.3 Å². The highest BCUT2D eigenvalue weighted by atomic mass is 28.4. The minimum Gasteiger partial charge on any atom is -0.407 e. The van der Waals surface area contributed by atoms with Crippen molar-refractivity contribution >= 4 is 27.9 Å². The molecule has 226 valence electrons. The highest BCUT2D eigenvalue weighted by molar-refractivity contribution is 6.74. The van der Waals surface area contributed by atoms with E-state index in [0.717, 1.165) is 12.0 Å². The summed E-state index contributed by atoms with van der Waals surface area (Å²) in [7, 11) is -5.06. The first kappa shape index (κ1) is 31.6. The number of ether oxygens (including phenoxy) is 1. The highest BCUT2D eigenvalue weighted by Gasteiger charge is 2.66. The van der Waals surface area contributed by atoms with Crippen LogP contribution in [0.4, 0.5) is 0 Å². The van der Waals surface area contributed by atoms with Crippen LogP contribution in [0.2, 0.25) is 28.2 Å². The third-order valence-electron chi connectivity index (χ3n) is 9.07. The molecule has 40 heavy (non-hydrogen) atoms. The van der Waals surface area contributed by atoms with Crippen molar-refractivity contribution in [3.63, 3.8) is 0 Å². The van der Waals surface area contributed by atoms with Gasteiger partial charge in [-0.15, -0.1) is 0 Å². The van der Waals surface area contributed by atoms with E-state index >= 15 is 0 Å². The molecule has 9 nitrogen and oxygen atoms in total. The average molecular weight is 594 g/mol. The Kier molecular flexibility index (Phi) is 8.48. The molecule has 0 spiro atoms. The number of H-pyrrole nitrogens is 1. The molecule has 2 fully saturated rings. The molecule has 2 aromatic heterocycles. The number of fused-ring (bicyclic) bond motifs is 2. The van der Waals surface area contributed by atoms with Crippen LogP contribution in [0.5, 0.6) is 0 Å². The Morgan fingerprint density at radius 2 is 1.77 bits per heavy atom. The molecule has 0 aliphatic carbocycles. The first-order valence-corrected chi connectivity index (χ1v) is 19.4. The molecule has 0 unspecified atom stereocenters. The van der Waals surface area contributed by atoms with Gasteiger partial charge in [0.1, 0.15) is 24.0 Å². The number of aliphatic hydroxyl groups is 1. The van der Waals surface area contributed by atoms with Gasteiger partial charge in [-0.25, -0.2) is 4.98 Å². The molecule has 2 aromatic rings. The van der Waals surface area contributed by atoms with E-state index in [1.807, 2.05) is 10.8 Å². The van der Waals surface area contributed by atoms with Crippen molar-refractivity contribution in [3.8, 4) is 0 Å². The molecule has 0 radical (unpaired) electrons. The summed E-state index contributed by atoms with van der Waals surface area (Å²) >= 11 is 0. The number of hydrogen-bond donors (Lipinski definition) is 2. The molecule has 0 aromatic carbocycles. The van der Waals surface area contributed by atoms with Crippen LogP contribution in [-0.4, -0.2) is 68.0 Å². The van der Waals surface area contributed by atoms with E-state index in [4.69, 9.17) is 18.0 Å². The van der Waals surface area contributed by atoms with Crippen molar-refractivity contribution < 1.29 is 23.1 Å². The third-order valence-corrected chi connectivity index (χ3v) is 18.7. The zero-order valence-corrected chi connectivity index (χ0v) is 28.4. The summed E-state index contributed by atoms with van der Waals surface area (Å²) in [6.07, 6.45) is 4.01. The lowest BCUT2D eigenvalue weighted by Gasteiger charge is -2.54. The summed E-state index contributed by atoms with van der Waals surface area (Å²) in [6, 6.07) is 0. The topological polar surface area (TPSA) is 108 Å². The Balaban J connectivity index is 1.84. The monoisotopic (exact) mass is 593 g/mol. The average Bonchev–Trinajstić information content (AvgIpc) is 3.35. The van der Waals surface area contributed by atoms with Gasteiger partial charge in [0.2, 0.25) is 0 Å². The number of aliphatic hydroxyl groups excluding tert-OH is 1. The quantitative estimate of drug-likeness (QED) is 0.309. The zero-order chi connectivity index (χ0) is 29.9. The molecule has 0 saturated carbocycles. The van der Waals surface area contributed by atoms with Crippen molar-refractivity contribution in [3.05, 3.63) is 28.4 Å². The van der Waals surface area contributed by atoms with Gasteiger partial charge in [-0.3, -0.25) is 4.79 Å². The summed E-state index contributed by atoms with van der Waals surface area (Å²) in [6.45, 7) is 25.1. The Hall–Kier alpha value is -1.35. The molecular weight excluding hydrogens is 543 g/mol. The van der Waals surface area contributed by atoms with Crippen LogP contribution >= 0.6 is 0 Å².